The highest BCUT2D eigenvalue weighted by atomic mass is 19.1. The van der Waals surface area contributed by atoms with Crippen molar-refractivity contribution in [1.82, 2.24) is 15.2 Å². The molecule has 36 heavy (non-hydrogen) atoms. The van der Waals surface area contributed by atoms with E-state index < -0.39 is 18.0 Å². The number of H-pyrrole nitrogens is 1. The Morgan fingerprint density at radius 3 is 2.56 bits per heavy atom. The lowest BCUT2D eigenvalue weighted by Crippen LogP contribution is -2.42. The molecule has 0 saturated carbocycles. The number of aromatic amines is 1. The Bertz CT molecular complexity index is 1530. The van der Waals surface area contributed by atoms with E-state index in [1.165, 1.54) is 12.1 Å². The number of amides is 4. The molecule has 4 amide bonds. The smallest absolute Gasteiger partial charge is 0.332 e. The van der Waals surface area contributed by atoms with E-state index in [-0.39, 0.29) is 35.6 Å². The summed E-state index contributed by atoms with van der Waals surface area (Å²) in [7, 11) is 0. The number of imide groups is 1. The van der Waals surface area contributed by atoms with Gasteiger partial charge < -0.3 is 15.2 Å². The number of aromatic nitrogens is 1. The van der Waals surface area contributed by atoms with Gasteiger partial charge in [-0.1, -0.05) is 42.5 Å². The third kappa shape index (κ3) is 3.37. The average Bonchev–Trinajstić information content (AvgIpc) is 3.39. The lowest BCUT2D eigenvalue weighted by Gasteiger charge is -2.33. The highest BCUT2D eigenvalue weighted by Gasteiger charge is 2.52. The number of nitrogens with one attached hydrogen (secondary N) is 2. The van der Waals surface area contributed by atoms with E-state index in [1.807, 2.05) is 31.2 Å². The predicted octanol–water partition coefficient (Wildman–Crippen LogP) is 4.69. The van der Waals surface area contributed by atoms with Gasteiger partial charge in [-0.3, -0.25) is 9.59 Å². The number of hydrogen-bond donors (Lipinski definition) is 2. The number of nitrogens with zero attached hydrogens (tertiary/aromatic N) is 2. The van der Waals surface area contributed by atoms with E-state index in [0.717, 1.165) is 32.6 Å². The minimum Gasteiger partial charge on any atom is -0.356 e. The van der Waals surface area contributed by atoms with E-state index in [1.54, 1.807) is 41.3 Å². The fraction of sp³-hybridized carbons (Fsp3) is 0.179. The number of carbonyl (C=O) groups excluding carboxylic acids is 3. The highest BCUT2D eigenvalue weighted by Crippen LogP contribution is 2.42. The Labute approximate surface area is 206 Å². The molecule has 3 heterocycles. The molecular formula is C28H23FN4O3. The summed E-state index contributed by atoms with van der Waals surface area (Å²) < 4.78 is 13.2. The van der Waals surface area contributed by atoms with Crippen LogP contribution in [0.4, 0.5) is 14.9 Å². The van der Waals surface area contributed by atoms with Gasteiger partial charge in [-0.2, -0.15) is 0 Å². The molecule has 1 aromatic heterocycles. The second-order valence-corrected chi connectivity index (χ2v) is 9.15. The fourth-order valence-corrected chi connectivity index (χ4v) is 5.32. The minimum atomic E-state index is -0.644. The molecule has 1 saturated heterocycles. The van der Waals surface area contributed by atoms with Gasteiger partial charge in [-0.25, -0.2) is 14.1 Å². The van der Waals surface area contributed by atoms with Crippen LogP contribution in [0, 0.1) is 5.82 Å². The number of halogens is 1. The van der Waals surface area contributed by atoms with Crippen LogP contribution >= 0.6 is 0 Å². The zero-order valence-corrected chi connectivity index (χ0v) is 19.5. The van der Waals surface area contributed by atoms with Crippen molar-refractivity contribution in [1.29, 1.82) is 0 Å². The largest absolute Gasteiger partial charge is 0.356 e. The monoisotopic (exact) mass is 482 g/mol. The third-order valence-electron chi connectivity index (χ3n) is 7.09. The second kappa shape index (κ2) is 8.34. The highest BCUT2D eigenvalue weighted by molar-refractivity contribution is 6.24. The van der Waals surface area contributed by atoms with E-state index in [0.29, 0.717) is 6.42 Å². The van der Waals surface area contributed by atoms with Gasteiger partial charge in [0.05, 0.1) is 17.3 Å². The lowest BCUT2D eigenvalue weighted by atomic mass is 9.93. The number of rotatable bonds is 4. The molecule has 4 aromatic rings. The molecule has 2 N–H and O–H groups in total. The summed E-state index contributed by atoms with van der Waals surface area (Å²) in [5.74, 6) is -1.13. The Hall–Kier alpha value is -4.46. The first-order valence-corrected chi connectivity index (χ1v) is 11.8. The number of benzene rings is 3. The van der Waals surface area contributed by atoms with Crippen molar-refractivity contribution in [3.05, 3.63) is 101 Å². The standard InChI is InChI=1S/C28H23FN4O3/c1-16-25-21(19-6-2-4-8-22(19)31-25)14-24-27(35)33(28(36)32(16)24)23-9-5-3-7-20(23)26(34)30-15-17-10-12-18(29)13-11-17/h2-13,16,24,31H,14-15H2,1H3,(H,30,34). The molecule has 2 unspecified atom stereocenters. The van der Waals surface area contributed by atoms with Gasteiger partial charge in [0.25, 0.3) is 11.8 Å². The predicted molar refractivity (Wildman–Crippen MR) is 133 cm³/mol. The SMILES string of the molecule is CC1c2[nH]c3ccccc3c2CC2C(=O)N(c3ccccc3C(=O)NCc3ccc(F)cc3)C(=O)N21. The molecule has 2 atom stereocenters. The van der Waals surface area contributed by atoms with Gasteiger partial charge in [0.15, 0.2) is 0 Å². The number of hydrogen-bond acceptors (Lipinski definition) is 3. The summed E-state index contributed by atoms with van der Waals surface area (Å²) in [5.41, 5.74) is 4.16. The molecule has 0 spiro atoms. The van der Waals surface area contributed by atoms with E-state index in [4.69, 9.17) is 0 Å². The first-order chi connectivity index (χ1) is 17.4. The maximum Gasteiger partial charge on any atom is 0.332 e. The summed E-state index contributed by atoms with van der Waals surface area (Å²) in [6.07, 6.45) is 0.406. The summed E-state index contributed by atoms with van der Waals surface area (Å²) in [6.45, 7) is 2.10. The van der Waals surface area contributed by atoms with Crippen molar-refractivity contribution in [2.75, 3.05) is 4.90 Å². The summed E-state index contributed by atoms with van der Waals surface area (Å²) in [5, 5.41) is 3.85. The fourth-order valence-electron chi connectivity index (χ4n) is 5.32. The molecular weight excluding hydrogens is 459 g/mol. The molecule has 1 fully saturated rings. The Balaban J connectivity index is 1.30. The van der Waals surface area contributed by atoms with Crippen LogP contribution in [0.1, 0.15) is 40.1 Å². The number of carbonyl (C=O) groups is 3. The van der Waals surface area contributed by atoms with E-state index >= 15 is 0 Å². The van der Waals surface area contributed by atoms with Gasteiger partial charge in [-0.05, 0) is 48.4 Å². The molecule has 2 aliphatic heterocycles. The lowest BCUT2D eigenvalue weighted by molar-refractivity contribution is -0.120. The van der Waals surface area contributed by atoms with Gasteiger partial charge in [0.1, 0.15) is 11.9 Å². The Kier molecular flexibility index (Phi) is 5.10. The molecule has 0 aliphatic carbocycles. The number of anilines is 1. The molecule has 0 radical (unpaired) electrons. The van der Waals surface area contributed by atoms with Crippen LogP contribution in [-0.4, -0.2) is 33.8 Å². The first kappa shape index (κ1) is 22.0. The molecule has 180 valence electrons. The van der Waals surface area contributed by atoms with Crippen molar-refractivity contribution in [2.45, 2.75) is 32.0 Å². The summed E-state index contributed by atoms with van der Waals surface area (Å²) in [4.78, 5) is 46.5. The molecule has 7 nitrogen and oxygen atoms in total. The first-order valence-electron chi connectivity index (χ1n) is 11.8. The number of para-hydroxylation sites is 2. The van der Waals surface area contributed by atoms with Crippen LogP contribution in [-0.2, 0) is 17.8 Å². The normalized spacial score (nSPS) is 18.9. The Morgan fingerprint density at radius 2 is 1.75 bits per heavy atom. The topological polar surface area (TPSA) is 85.5 Å². The maximum absolute atomic E-state index is 13.6. The summed E-state index contributed by atoms with van der Waals surface area (Å²) in [6, 6.07) is 18.9. The van der Waals surface area contributed by atoms with Crippen LogP contribution in [0.15, 0.2) is 72.8 Å². The van der Waals surface area contributed by atoms with E-state index in [9.17, 15) is 18.8 Å². The number of fused-ring (bicyclic) bond motifs is 4. The minimum absolute atomic E-state index is 0.183. The maximum atomic E-state index is 13.6. The Morgan fingerprint density at radius 1 is 1.03 bits per heavy atom. The molecule has 6 rings (SSSR count). The molecule has 2 aliphatic rings. The second-order valence-electron chi connectivity index (χ2n) is 9.15. The average molecular weight is 483 g/mol. The van der Waals surface area contributed by atoms with Gasteiger partial charge in [-0.15, -0.1) is 0 Å². The molecule has 3 aromatic carbocycles. The van der Waals surface area contributed by atoms with Crippen LogP contribution in [0.2, 0.25) is 0 Å². The van der Waals surface area contributed by atoms with Crippen molar-refractivity contribution < 1.29 is 18.8 Å². The number of urea groups is 1. The van der Waals surface area contributed by atoms with Gasteiger partial charge in [0.2, 0.25) is 0 Å². The zero-order chi connectivity index (χ0) is 25.0. The van der Waals surface area contributed by atoms with Gasteiger partial charge >= 0.3 is 6.03 Å². The molecule has 8 heteroatoms. The van der Waals surface area contributed by atoms with E-state index in [2.05, 4.69) is 10.3 Å². The van der Waals surface area contributed by atoms with Crippen LogP contribution < -0.4 is 10.2 Å². The van der Waals surface area contributed by atoms with Crippen LogP contribution in [0.5, 0.6) is 0 Å². The zero-order valence-electron chi connectivity index (χ0n) is 19.5. The molecule has 0 bridgehead atoms. The van der Waals surface area contributed by atoms with Crippen molar-refractivity contribution >= 4 is 34.4 Å². The van der Waals surface area contributed by atoms with Gasteiger partial charge in [0, 0.05) is 29.6 Å². The van der Waals surface area contributed by atoms with Crippen molar-refractivity contribution in [3.8, 4) is 0 Å². The quantitative estimate of drug-likeness (QED) is 0.414. The third-order valence-corrected chi connectivity index (χ3v) is 7.09. The van der Waals surface area contributed by atoms with Crippen LogP contribution in [0.3, 0.4) is 0 Å². The summed E-state index contributed by atoms with van der Waals surface area (Å²) >= 11 is 0. The van der Waals surface area contributed by atoms with Crippen molar-refractivity contribution in [2.24, 2.45) is 0 Å². The van der Waals surface area contributed by atoms with Crippen molar-refractivity contribution in [3.63, 3.8) is 0 Å². The van der Waals surface area contributed by atoms with Crippen LogP contribution in [0.25, 0.3) is 10.9 Å².